The van der Waals surface area contributed by atoms with Crippen molar-refractivity contribution in [2.24, 2.45) is 0 Å². The predicted molar refractivity (Wildman–Crippen MR) is 86.1 cm³/mol. The van der Waals surface area contributed by atoms with Crippen molar-refractivity contribution in [2.45, 2.75) is 6.42 Å². The Morgan fingerprint density at radius 3 is 2.43 bits per heavy atom. The topological polar surface area (TPSA) is 64.3 Å². The van der Waals surface area contributed by atoms with Crippen molar-refractivity contribution in [2.75, 3.05) is 17.7 Å². The number of nitrogen functional groups attached to an aromatic ring is 1. The van der Waals surface area contributed by atoms with Gasteiger partial charge in [0.25, 0.3) is 0 Å². The third-order valence-corrected chi connectivity index (χ3v) is 3.19. The summed E-state index contributed by atoms with van der Waals surface area (Å²) in [6, 6.07) is 11.9. The van der Waals surface area contributed by atoms with Gasteiger partial charge in [0, 0.05) is 10.0 Å². The van der Waals surface area contributed by atoms with Crippen molar-refractivity contribution in [3.05, 3.63) is 52.5 Å². The summed E-state index contributed by atoms with van der Waals surface area (Å²) in [5.41, 5.74) is 6.72. The van der Waals surface area contributed by atoms with Gasteiger partial charge in [-0.1, -0.05) is 23.2 Å². The molecular formula is C15H14Cl2N2O2. The Bertz CT molecular complexity index is 630. The van der Waals surface area contributed by atoms with Gasteiger partial charge >= 0.3 is 0 Å². The molecule has 0 aliphatic carbocycles. The smallest absolute Gasteiger partial charge is 0.227 e. The Morgan fingerprint density at radius 2 is 1.76 bits per heavy atom. The largest absolute Gasteiger partial charge is 0.493 e. The molecule has 0 heterocycles. The highest BCUT2D eigenvalue weighted by Crippen LogP contribution is 2.22. The van der Waals surface area contributed by atoms with E-state index in [4.69, 9.17) is 33.7 Å². The molecule has 0 fully saturated rings. The minimum atomic E-state index is -0.182. The summed E-state index contributed by atoms with van der Waals surface area (Å²) in [6.45, 7) is 0.265. The van der Waals surface area contributed by atoms with E-state index in [0.717, 1.165) is 0 Å². The van der Waals surface area contributed by atoms with Crippen LogP contribution in [0, 0.1) is 0 Å². The number of rotatable bonds is 5. The Hall–Kier alpha value is -1.91. The number of carbonyl (C=O) groups is 1. The first-order valence-electron chi connectivity index (χ1n) is 6.28. The quantitative estimate of drug-likeness (QED) is 0.817. The van der Waals surface area contributed by atoms with Gasteiger partial charge in [0.05, 0.1) is 24.4 Å². The van der Waals surface area contributed by atoms with Gasteiger partial charge in [0.2, 0.25) is 5.91 Å². The monoisotopic (exact) mass is 324 g/mol. The van der Waals surface area contributed by atoms with E-state index in [1.54, 1.807) is 42.5 Å². The molecule has 0 bridgehead atoms. The Balaban J connectivity index is 1.81. The van der Waals surface area contributed by atoms with E-state index in [9.17, 15) is 4.79 Å². The Morgan fingerprint density at radius 1 is 1.10 bits per heavy atom. The first-order chi connectivity index (χ1) is 10.0. The number of carbonyl (C=O) groups excluding carboxylic acids is 1. The molecule has 3 N–H and O–H groups in total. The van der Waals surface area contributed by atoms with Gasteiger partial charge in [-0.25, -0.2) is 0 Å². The SMILES string of the molecule is Nc1cc(Cl)ccc1NC(=O)CCOc1ccc(Cl)cc1. The Kier molecular flexibility index (Phi) is 5.31. The molecule has 21 heavy (non-hydrogen) atoms. The summed E-state index contributed by atoms with van der Waals surface area (Å²) in [5.74, 6) is 0.483. The van der Waals surface area contributed by atoms with Gasteiger partial charge in [0.15, 0.2) is 0 Å². The first kappa shape index (κ1) is 15.5. The van der Waals surface area contributed by atoms with Crippen molar-refractivity contribution in [1.82, 2.24) is 0 Å². The van der Waals surface area contributed by atoms with Gasteiger partial charge in [0.1, 0.15) is 5.75 Å². The fourth-order valence-corrected chi connectivity index (χ4v) is 1.96. The average Bonchev–Trinajstić information content (AvgIpc) is 2.44. The van der Waals surface area contributed by atoms with Gasteiger partial charge in [-0.3, -0.25) is 4.79 Å². The zero-order valence-corrected chi connectivity index (χ0v) is 12.6. The zero-order valence-electron chi connectivity index (χ0n) is 11.1. The standard InChI is InChI=1S/C15H14Cl2N2O2/c16-10-1-4-12(5-2-10)21-8-7-15(20)19-14-6-3-11(17)9-13(14)18/h1-6,9H,7-8,18H2,(H,19,20). The van der Waals surface area contributed by atoms with E-state index in [1.807, 2.05) is 0 Å². The molecule has 0 aliphatic heterocycles. The molecule has 2 aromatic carbocycles. The Labute approximate surface area is 132 Å². The van der Waals surface area contributed by atoms with Gasteiger partial charge in [-0.05, 0) is 42.5 Å². The normalized spacial score (nSPS) is 10.2. The highest BCUT2D eigenvalue weighted by Gasteiger charge is 2.06. The van der Waals surface area contributed by atoms with Crippen LogP contribution in [0.15, 0.2) is 42.5 Å². The number of halogens is 2. The van der Waals surface area contributed by atoms with Gasteiger partial charge < -0.3 is 15.8 Å². The van der Waals surface area contributed by atoms with Crippen molar-refractivity contribution >= 4 is 40.5 Å². The number of hydrogen-bond acceptors (Lipinski definition) is 3. The van der Waals surface area contributed by atoms with Gasteiger partial charge in [-0.15, -0.1) is 0 Å². The summed E-state index contributed by atoms with van der Waals surface area (Å²) < 4.78 is 5.45. The second-order valence-electron chi connectivity index (χ2n) is 4.33. The lowest BCUT2D eigenvalue weighted by Crippen LogP contribution is -2.16. The fraction of sp³-hybridized carbons (Fsp3) is 0.133. The molecule has 110 valence electrons. The zero-order chi connectivity index (χ0) is 15.2. The molecule has 0 saturated heterocycles. The van der Waals surface area contributed by atoms with Crippen molar-refractivity contribution in [1.29, 1.82) is 0 Å². The molecule has 0 radical (unpaired) electrons. The van der Waals surface area contributed by atoms with Crippen LogP contribution in [0.25, 0.3) is 0 Å². The molecule has 0 unspecified atom stereocenters. The minimum absolute atomic E-state index is 0.182. The van der Waals surface area contributed by atoms with E-state index in [-0.39, 0.29) is 18.9 Å². The third kappa shape index (κ3) is 4.85. The number of nitrogens with two attached hydrogens (primary N) is 1. The highest BCUT2D eigenvalue weighted by molar-refractivity contribution is 6.31. The third-order valence-electron chi connectivity index (χ3n) is 2.70. The number of amides is 1. The molecule has 0 aromatic heterocycles. The summed E-state index contributed by atoms with van der Waals surface area (Å²) in [6.07, 6.45) is 0.213. The van der Waals surface area contributed by atoms with E-state index in [2.05, 4.69) is 5.32 Å². The lowest BCUT2D eigenvalue weighted by molar-refractivity contribution is -0.116. The molecule has 2 aromatic rings. The maximum atomic E-state index is 11.8. The summed E-state index contributed by atoms with van der Waals surface area (Å²) in [5, 5.41) is 3.87. The van der Waals surface area contributed by atoms with Crippen LogP contribution < -0.4 is 15.8 Å². The van der Waals surface area contributed by atoms with Gasteiger partial charge in [-0.2, -0.15) is 0 Å². The van der Waals surface area contributed by atoms with Crippen LogP contribution in [-0.2, 0) is 4.79 Å². The van der Waals surface area contributed by atoms with Crippen molar-refractivity contribution in [3.63, 3.8) is 0 Å². The van der Waals surface area contributed by atoms with Crippen LogP contribution in [-0.4, -0.2) is 12.5 Å². The number of benzene rings is 2. The summed E-state index contributed by atoms with van der Waals surface area (Å²) in [7, 11) is 0. The fourth-order valence-electron chi connectivity index (χ4n) is 1.65. The van der Waals surface area contributed by atoms with Crippen LogP contribution in [0.2, 0.25) is 10.0 Å². The second-order valence-corrected chi connectivity index (χ2v) is 5.21. The maximum absolute atomic E-state index is 11.8. The van der Waals surface area contributed by atoms with Crippen molar-refractivity contribution in [3.8, 4) is 5.75 Å². The first-order valence-corrected chi connectivity index (χ1v) is 7.03. The van der Waals surface area contributed by atoms with Crippen LogP contribution in [0.3, 0.4) is 0 Å². The second kappa shape index (κ2) is 7.20. The van der Waals surface area contributed by atoms with Crippen LogP contribution in [0.4, 0.5) is 11.4 Å². The number of nitrogens with one attached hydrogen (secondary N) is 1. The predicted octanol–water partition coefficient (Wildman–Crippen LogP) is 3.98. The molecule has 6 heteroatoms. The minimum Gasteiger partial charge on any atom is -0.493 e. The molecule has 1 amide bonds. The number of anilines is 2. The molecule has 4 nitrogen and oxygen atoms in total. The number of hydrogen-bond donors (Lipinski definition) is 2. The molecule has 0 atom stereocenters. The van der Waals surface area contributed by atoms with E-state index in [0.29, 0.717) is 27.2 Å². The lowest BCUT2D eigenvalue weighted by atomic mass is 10.2. The summed E-state index contributed by atoms with van der Waals surface area (Å²) in [4.78, 5) is 11.8. The lowest BCUT2D eigenvalue weighted by Gasteiger charge is -2.09. The van der Waals surface area contributed by atoms with Crippen LogP contribution >= 0.6 is 23.2 Å². The average molecular weight is 325 g/mol. The maximum Gasteiger partial charge on any atom is 0.227 e. The summed E-state index contributed by atoms with van der Waals surface area (Å²) >= 11 is 11.6. The molecule has 0 aliphatic rings. The van der Waals surface area contributed by atoms with E-state index in [1.165, 1.54) is 0 Å². The molecule has 0 saturated carbocycles. The molecule has 0 spiro atoms. The number of ether oxygens (including phenoxy) is 1. The molecule has 2 rings (SSSR count). The van der Waals surface area contributed by atoms with Crippen LogP contribution in [0.5, 0.6) is 5.75 Å². The van der Waals surface area contributed by atoms with E-state index >= 15 is 0 Å². The van der Waals surface area contributed by atoms with Crippen molar-refractivity contribution < 1.29 is 9.53 Å². The highest BCUT2D eigenvalue weighted by atomic mass is 35.5. The van der Waals surface area contributed by atoms with E-state index < -0.39 is 0 Å². The van der Waals surface area contributed by atoms with Crippen LogP contribution in [0.1, 0.15) is 6.42 Å². The molecular weight excluding hydrogens is 311 g/mol.